The van der Waals surface area contributed by atoms with Gasteiger partial charge in [0.05, 0.1) is 19.4 Å². The lowest BCUT2D eigenvalue weighted by Gasteiger charge is -2.14. The van der Waals surface area contributed by atoms with Crippen molar-refractivity contribution in [2.45, 2.75) is 6.42 Å². The second-order valence-electron chi connectivity index (χ2n) is 3.28. The number of aryl methyl sites for hydroxylation is 1. The zero-order valence-electron chi connectivity index (χ0n) is 8.23. The number of nitrogens with one attached hydrogen (secondary N) is 1. The molecule has 0 unspecified atom stereocenters. The molecule has 2 heterocycles. The lowest BCUT2D eigenvalue weighted by Crippen LogP contribution is -2.13. The molecule has 0 saturated heterocycles. The fraction of sp³-hybridized carbons (Fsp3) is 0.556. The van der Waals surface area contributed by atoms with Crippen LogP contribution in [-0.2, 0) is 11.8 Å². The summed E-state index contributed by atoms with van der Waals surface area (Å²) in [7, 11) is 1.87. The van der Waals surface area contributed by atoms with Crippen LogP contribution in [0.2, 0.25) is 0 Å². The van der Waals surface area contributed by atoms with Crippen LogP contribution < -0.4 is 5.32 Å². The number of nitrogens with zero attached hydrogens (tertiary/aromatic N) is 3. The lowest BCUT2D eigenvalue weighted by molar-refractivity contribution is 0.154. The van der Waals surface area contributed by atoms with E-state index >= 15 is 0 Å². The van der Waals surface area contributed by atoms with E-state index in [4.69, 9.17) is 4.74 Å². The highest BCUT2D eigenvalue weighted by atomic mass is 16.5. The molecule has 0 bridgehead atoms. The van der Waals surface area contributed by atoms with Crippen LogP contribution in [0.5, 0.6) is 0 Å². The minimum atomic E-state index is 0.737. The van der Waals surface area contributed by atoms with Gasteiger partial charge >= 0.3 is 0 Å². The van der Waals surface area contributed by atoms with Crippen molar-refractivity contribution in [3.8, 4) is 0 Å². The Kier molecular flexibility index (Phi) is 2.78. The molecule has 1 aliphatic rings. The first-order valence-corrected chi connectivity index (χ1v) is 4.70. The van der Waals surface area contributed by atoms with E-state index in [1.807, 2.05) is 7.05 Å². The number of ether oxygens (including phenoxy) is 1. The highest BCUT2D eigenvalue weighted by molar-refractivity contribution is 5.33. The zero-order valence-corrected chi connectivity index (χ0v) is 8.23. The van der Waals surface area contributed by atoms with Gasteiger partial charge in [-0.25, -0.2) is 4.68 Å². The maximum absolute atomic E-state index is 5.23. The first-order valence-electron chi connectivity index (χ1n) is 4.70. The van der Waals surface area contributed by atoms with E-state index in [0.717, 1.165) is 32.0 Å². The van der Waals surface area contributed by atoms with Crippen LogP contribution in [0.4, 0.5) is 5.82 Å². The molecule has 1 N–H and O–H groups in total. The third-order valence-corrected chi connectivity index (χ3v) is 2.27. The fourth-order valence-electron chi connectivity index (χ4n) is 1.38. The summed E-state index contributed by atoms with van der Waals surface area (Å²) in [5.41, 5.74) is 1.39. The van der Waals surface area contributed by atoms with Crippen molar-refractivity contribution in [1.82, 2.24) is 15.0 Å². The maximum Gasteiger partial charge on any atom is 0.144 e. The summed E-state index contributed by atoms with van der Waals surface area (Å²) in [6, 6.07) is 0. The molecular formula is C9H14N4O. The van der Waals surface area contributed by atoms with Gasteiger partial charge in [-0.15, -0.1) is 5.10 Å². The van der Waals surface area contributed by atoms with Crippen LogP contribution in [0.3, 0.4) is 0 Å². The first-order chi connectivity index (χ1) is 6.86. The lowest BCUT2D eigenvalue weighted by atomic mass is 10.1. The Morgan fingerprint density at radius 2 is 2.57 bits per heavy atom. The Morgan fingerprint density at radius 1 is 1.64 bits per heavy atom. The van der Waals surface area contributed by atoms with Crippen molar-refractivity contribution in [3.05, 3.63) is 17.8 Å². The van der Waals surface area contributed by atoms with Crippen molar-refractivity contribution >= 4 is 5.82 Å². The Morgan fingerprint density at radius 3 is 3.21 bits per heavy atom. The molecule has 0 spiro atoms. The van der Waals surface area contributed by atoms with Crippen molar-refractivity contribution in [3.63, 3.8) is 0 Å². The van der Waals surface area contributed by atoms with Gasteiger partial charge in [-0.2, -0.15) is 0 Å². The fourth-order valence-corrected chi connectivity index (χ4v) is 1.38. The Balaban J connectivity index is 1.88. The molecule has 5 nitrogen and oxygen atoms in total. The Labute approximate surface area is 82.7 Å². The summed E-state index contributed by atoms with van der Waals surface area (Å²) in [5.74, 6) is 0.942. The number of aromatic nitrogens is 3. The minimum absolute atomic E-state index is 0.737. The van der Waals surface area contributed by atoms with Gasteiger partial charge in [-0.1, -0.05) is 16.9 Å². The van der Waals surface area contributed by atoms with Gasteiger partial charge in [0.2, 0.25) is 0 Å². The highest BCUT2D eigenvalue weighted by Crippen LogP contribution is 2.09. The van der Waals surface area contributed by atoms with E-state index in [2.05, 4.69) is 21.7 Å². The molecule has 5 heteroatoms. The van der Waals surface area contributed by atoms with E-state index in [1.54, 1.807) is 10.9 Å². The quantitative estimate of drug-likeness (QED) is 0.715. The van der Waals surface area contributed by atoms with Gasteiger partial charge < -0.3 is 10.1 Å². The SMILES string of the molecule is Cn1nncc1NCC1=CCOCC1. The van der Waals surface area contributed by atoms with Gasteiger partial charge in [-0.3, -0.25) is 0 Å². The molecule has 0 saturated carbocycles. The van der Waals surface area contributed by atoms with E-state index in [0.29, 0.717) is 0 Å². The molecule has 0 atom stereocenters. The average Bonchev–Trinajstić information content (AvgIpc) is 2.63. The molecule has 0 aliphatic carbocycles. The van der Waals surface area contributed by atoms with Gasteiger partial charge in [0.15, 0.2) is 0 Å². The van der Waals surface area contributed by atoms with Gasteiger partial charge in [0, 0.05) is 13.6 Å². The summed E-state index contributed by atoms with van der Waals surface area (Å²) >= 11 is 0. The summed E-state index contributed by atoms with van der Waals surface area (Å²) < 4.78 is 6.95. The molecular weight excluding hydrogens is 180 g/mol. The molecule has 14 heavy (non-hydrogen) atoms. The number of anilines is 1. The third kappa shape index (κ3) is 2.11. The van der Waals surface area contributed by atoms with Crippen LogP contribution in [0, 0.1) is 0 Å². The summed E-state index contributed by atoms with van der Waals surface area (Å²) in [6.45, 7) is 2.42. The normalized spacial score (nSPS) is 16.5. The molecule has 76 valence electrons. The highest BCUT2D eigenvalue weighted by Gasteiger charge is 2.04. The van der Waals surface area contributed by atoms with Crippen LogP contribution >= 0.6 is 0 Å². The largest absolute Gasteiger partial charge is 0.377 e. The summed E-state index contributed by atoms with van der Waals surface area (Å²) in [5, 5.41) is 10.9. The zero-order chi connectivity index (χ0) is 9.80. The summed E-state index contributed by atoms with van der Waals surface area (Å²) in [6.07, 6.45) is 4.86. The van der Waals surface area contributed by atoms with Crippen molar-refractivity contribution in [2.24, 2.45) is 7.05 Å². The van der Waals surface area contributed by atoms with Gasteiger partial charge in [0.25, 0.3) is 0 Å². The number of rotatable bonds is 3. The molecule has 0 amide bonds. The smallest absolute Gasteiger partial charge is 0.144 e. The van der Waals surface area contributed by atoms with Crippen LogP contribution in [-0.4, -0.2) is 34.8 Å². The molecule has 0 aromatic carbocycles. The van der Waals surface area contributed by atoms with Crippen molar-refractivity contribution in [1.29, 1.82) is 0 Å². The molecule has 0 radical (unpaired) electrons. The van der Waals surface area contributed by atoms with E-state index < -0.39 is 0 Å². The number of hydrogen-bond acceptors (Lipinski definition) is 4. The Hall–Kier alpha value is -1.36. The third-order valence-electron chi connectivity index (χ3n) is 2.27. The predicted octanol–water partition coefficient (Wildman–Crippen LogP) is 0.574. The molecule has 1 aliphatic heterocycles. The second-order valence-corrected chi connectivity index (χ2v) is 3.28. The topological polar surface area (TPSA) is 52.0 Å². The van der Waals surface area contributed by atoms with Crippen LogP contribution in [0.25, 0.3) is 0 Å². The standard InChI is InChI=1S/C9H14N4O/c1-13-9(7-11-12-13)10-6-8-2-4-14-5-3-8/h2,7,10H,3-6H2,1H3. The molecule has 0 fully saturated rings. The second kappa shape index (κ2) is 4.23. The Bertz CT molecular complexity index is 331. The first kappa shape index (κ1) is 9.21. The minimum Gasteiger partial charge on any atom is -0.377 e. The van der Waals surface area contributed by atoms with E-state index in [9.17, 15) is 0 Å². The van der Waals surface area contributed by atoms with Crippen molar-refractivity contribution in [2.75, 3.05) is 25.1 Å². The maximum atomic E-state index is 5.23. The van der Waals surface area contributed by atoms with Gasteiger partial charge in [0.1, 0.15) is 5.82 Å². The monoisotopic (exact) mass is 194 g/mol. The number of hydrogen-bond donors (Lipinski definition) is 1. The summed E-state index contributed by atoms with van der Waals surface area (Å²) in [4.78, 5) is 0. The van der Waals surface area contributed by atoms with Crippen LogP contribution in [0.15, 0.2) is 17.8 Å². The van der Waals surface area contributed by atoms with Crippen LogP contribution in [0.1, 0.15) is 6.42 Å². The molecule has 1 aromatic rings. The average molecular weight is 194 g/mol. The van der Waals surface area contributed by atoms with E-state index in [1.165, 1.54) is 5.57 Å². The predicted molar refractivity (Wildman–Crippen MR) is 53.0 cm³/mol. The van der Waals surface area contributed by atoms with Crippen molar-refractivity contribution < 1.29 is 4.74 Å². The van der Waals surface area contributed by atoms with Gasteiger partial charge in [-0.05, 0) is 6.42 Å². The van der Waals surface area contributed by atoms with E-state index in [-0.39, 0.29) is 0 Å². The molecule has 1 aromatic heterocycles. The molecule has 2 rings (SSSR count).